The maximum Gasteiger partial charge on any atom is 0.389 e. The van der Waals surface area contributed by atoms with E-state index in [4.69, 9.17) is 5.73 Å². The molecule has 112 valence electrons. The van der Waals surface area contributed by atoms with Gasteiger partial charge in [-0.05, 0) is 6.42 Å². The molecule has 1 heterocycles. The zero-order chi connectivity index (χ0) is 14.7. The predicted molar refractivity (Wildman–Crippen MR) is 61.6 cm³/mol. The quantitative estimate of drug-likeness (QED) is 0.710. The minimum atomic E-state index is -4.39. The maximum atomic E-state index is 12.0. The lowest BCUT2D eigenvalue weighted by molar-refractivity contribution is -0.134. The molecule has 6 nitrogen and oxygen atoms in total. The summed E-state index contributed by atoms with van der Waals surface area (Å²) in [5.41, 5.74) is 5.09. The van der Waals surface area contributed by atoms with Crippen molar-refractivity contribution in [2.75, 3.05) is 25.4 Å². The van der Waals surface area contributed by atoms with Crippen molar-refractivity contribution in [3.8, 4) is 0 Å². The molecule has 1 aliphatic heterocycles. The van der Waals surface area contributed by atoms with E-state index in [0.717, 1.165) is 4.31 Å². The summed E-state index contributed by atoms with van der Waals surface area (Å²) < 4.78 is 60.7. The van der Waals surface area contributed by atoms with Crippen LogP contribution in [0.4, 0.5) is 13.2 Å². The first-order valence-corrected chi connectivity index (χ1v) is 7.31. The highest BCUT2D eigenvalue weighted by Crippen LogP contribution is 2.22. The molecular weight excluding hydrogens is 287 g/mol. The Labute approximate surface area is 109 Å². The van der Waals surface area contributed by atoms with Crippen LogP contribution in [-0.4, -0.2) is 56.2 Å². The molecule has 0 aliphatic carbocycles. The summed E-state index contributed by atoms with van der Waals surface area (Å²) in [6.07, 6.45) is -6.08. The van der Waals surface area contributed by atoms with Gasteiger partial charge in [0.1, 0.15) is 6.04 Å². The highest BCUT2D eigenvalue weighted by Gasteiger charge is 2.36. The highest BCUT2D eigenvalue weighted by molar-refractivity contribution is 7.89. The lowest BCUT2D eigenvalue weighted by Gasteiger charge is -2.33. The van der Waals surface area contributed by atoms with E-state index < -0.39 is 46.7 Å². The highest BCUT2D eigenvalue weighted by atomic mass is 32.2. The van der Waals surface area contributed by atoms with Crippen molar-refractivity contribution >= 4 is 15.9 Å². The monoisotopic (exact) mass is 303 g/mol. The zero-order valence-corrected chi connectivity index (χ0v) is 10.9. The number of primary amides is 1. The van der Waals surface area contributed by atoms with Crippen molar-refractivity contribution in [2.24, 2.45) is 5.73 Å². The van der Waals surface area contributed by atoms with Crippen LogP contribution in [0.5, 0.6) is 0 Å². The van der Waals surface area contributed by atoms with E-state index in [1.54, 1.807) is 0 Å². The number of piperazine rings is 1. The second-order valence-corrected chi connectivity index (χ2v) is 6.31. The summed E-state index contributed by atoms with van der Waals surface area (Å²) in [4.78, 5) is 11.1. The minimum absolute atomic E-state index is 0.0297. The van der Waals surface area contributed by atoms with Crippen LogP contribution in [0.1, 0.15) is 12.8 Å². The molecule has 1 saturated heterocycles. The van der Waals surface area contributed by atoms with Gasteiger partial charge in [-0.3, -0.25) is 4.79 Å². The first-order chi connectivity index (χ1) is 8.63. The number of hydrogen-bond donors (Lipinski definition) is 2. The smallest absolute Gasteiger partial charge is 0.368 e. The molecule has 1 rings (SSSR count). The Morgan fingerprint density at radius 3 is 2.58 bits per heavy atom. The number of rotatable bonds is 5. The van der Waals surface area contributed by atoms with Crippen LogP contribution in [0.15, 0.2) is 0 Å². The lowest BCUT2D eigenvalue weighted by atomic mass is 10.2. The molecule has 0 bridgehead atoms. The van der Waals surface area contributed by atoms with Crippen LogP contribution in [0.25, 0.3) is 0 Å². The van der Waals surface area contributed by atoms with Crippen LogP contribution in [0.2, 0.25) is 0 Å². The maximum absolute atomic E-state index is 12.0. The molecule has 1 atom stereocenters. The summed E-state index contributed by atoms with van der Waals surface area (Å²) in [7, 11) is -3.91. The number of amides is 1. The summed E-state index contributed by atoms with van der Waals surface area (Å²) in [6.45, 7) is 0.443. The fourth-order valence-electron chi connectivity index (χ4n) is 1.83. The summed E-state index contributed by atoms with van der Waals surface area (Å²) in [5, 5.41) is 2.81. The molecule has 1 fully saturated rings. The van der Waals surface area contributed by atoms with Gasteiger partial charge in [-0.2, -0.15) is 17.5 Å². The number of carbonyl (C=O) groups is 1. The van der Waals surface area contributed by atoms with Gasteiger partial charge in [0.25, 0.3) is 0 Å². The van der Waals surface area contributed by atoms with Gasteiger partial charge in [-0.15, -0.1) is 0 Å². The lowest BCUT2D eigenvalue weighted by Crippen LogP contribution is -2.59. The van der Waals surface area contributed by atoms with Crippen LogP contribution in [0.3, 0.4) is 0 Å². The summed E-state index contributed by atoms with van der Waals surface area (Å²) in [5.74, 6) is -1.46. The van der Waals surface area contributed by atoms with Gasteiger partial charge in [0.05, 0.1) is 5.75 Å². The SMILES string of the molecule is NC(=O)C1CNCCN1S(=O)(=O)CCCC(F)(F)F. The minimum Gasteiger partial charge on any atom is -0.368 e. The van der Waals surface area contributed by atoms with Gasteiger partial charge in [-0.25, -0.2) is 8.42 Å². The fourth-order valence-corrected chi connectivity index (χ4v) is 3.51. The van der Waals surface area contributed by atoms with E-state index in [1.165, 1.54) is 0 Å². The average molecular weight is 303 g/mol. The van der Waals surface area contributed by atoms with Gasteiger partial charge in [0.15, 0.2) is 0 Å². The second kappa shape index (κ2) is 6.06. The third kappa shape index (κ3) is 4.96. The number of carbonyl (C=O) groups excluding carboxylic acids is 1. The Kier molecular flexibility index (Phi) is 5.16. The normalized spacial score (nSPS) is 22.4. The van der Waals surface area contributed by atoms with Gasteiger partial charge in [0.2, 0.25) is 15.9 Å². The molecule has 0 radical (unpaired) electrons. The van der Waals surface area contributed by atoms with E-state index in [1.807, 2.05) is 0 Å². The average Bonchev–Trinajstić information content (AvgIpc) is 2.27. The second-order valence-electron chi connectivity index (χ2n) is 4.27. The molecule has 1 unspecified atom stereocenters. The van der Waals surface area contributed by atoms with Gasteiger partial charge in [0, 0.05) is 26.1 Å². The fraction of sp³-hybridized carbons (Fsp3) is 0.889. The topological polar surface area (TPSA) is 92.5 Å². The van der Waals surface area contributed by atoms with Crippen molar-refractivity contribution < 1.29 is 26.4 Å². The zero-order valence-electron chi connectivity index (χ0n) is 10.1. The van der Waals surface area contributed by atoms with Gasteiger partial charge >= 0.3 is 6.18 Å². The Hall–Kier alpha value is -0.870. The molecule has 1 amide bonds. The molecule has 0 spiro atoms. The first kappa shape index (κ1) is 16.2. The van der Waals surface area contributed by atoms with E-state index in [9.17, 15) is 26.4 Å². The molecule has 3 N–H and O–H groups in total. The Morgan fingerprint density at radius 2 is 2.05 bits per heavy atom. The molecular formula is C9H16F3N3O3S. The number of hydrogen-bond acceptors (Lipinski definition) is 4. The van der Waals surface area contributed by atoms with E-state index in [2.05, 4.69) is 5.32 Å². The Morgan fingerprint density at radius 1 is 1.42 bits per heavy atom. The van der Waals surface area contributed by atoms with E-state index >= 15 is 0 Å². The number of sulfonamides is 1. The first-order valence-electron chi connectivity index (χ1n) is 5.70. The predicted octanol–water partition coefficient (Wildman–Crippen LogP) is -0.582. The van der Waals surface area contributed by atoms with Crippen LogP contribution in [0, 0.1) is 0 Å². The molecule has 0 aromatic rings. The molecule has 19 heavy (non-hydrogen) atoms. The number of alkyl halides is 3. The molecule has 0 aromatic heterocycles. The third-order valence-corrected chi connectivity index (χ3v) is 4.70. The standard InChI is InChI=1S/C9H16F3N3O3S/c10-9(11,12)2-1-5-19(17,18)15-4-3-14-6-7(15)8(13)16/h7,14H,1-6H2,(H2,13,16). The van der Waals surface area contributed by atoms with Crippen molar-refractivity contribution in [1.82, 2.24) is 9.62 Å². The van der Waals surface area contributed by atoms with Crippen molar-refractivity contribution in [3.05, 3.63) is 0 Å². The molecule has 0 aromatic carbocycles. The van der Waals surface area contributed by atoms with Crippen LogP contribution < -0.4 is 11.1 Å². The van der Waals surface area contributed by atoms with Crippen LogP contribution >= 0.6 is 0 Å². The summed E-state index contributed by atoms with van der Waals surface area (Å²) in [6, 6.07) is -1.04. The number of nitrogens with one attached hydrogen (secondary N) is 1. The number of nitrogens with zero attached hydrogens (tertiary/aromatic N) is 1. The van der Waals surface area contributed by atoms with Crippen molar-refractivity contribution in [1.29, 1.82) is 0 Å². The van der Waals surface area contributed by atoms with E-state index in [-0.39, 0.29) is 13.1 Å². The van der Waals surface area contributed by atoms with Gasteiger partial charge in [-0.1, -0.05) is 0 Å². The third-order valence-electron chi connectivity index (χ3n) is 2.74. The van der Waals surface area contributed by atoms with E-state index in [0.29, 0.717) is 6.54 Å². The summed E-state index contributed by atoms with van der Waals surface area (Å²) >= 11 is 0. The largest absolute Gasteiger partial charge is 0.389 e. The number of nitrogens with two attached hydrogens (primary N) is 1. The molecule has 10 heteroatoms. The Balaban J connectivity index is 2.66. The van der Waals surface area contributed by atoms with Crippen molar-refractivity contribution in [3.63, 3.8) is 0 Å². The molecule has 1 aliphatic rings. The van der Waals surface area contributed by atoms with Gasteiger partial charge < -0.3 is 11.1 Å². The number of halogens is 3. The van der Waals surface area contributed by atoms with Crippen LogP contribution in [-0.2, 0) is 14.8 Å². The Bertz CT molecular complexity index is 424. The van der Waals surface area contributed by atoms with Crippen molar-refractivity contribution in [2.45, 2.75) is 25.1 Å². The molecule has 0 saturated carbocycles.